The molecular formula is C20H28N2O5. The SMILES string of the molecule is COCC(=O)N1CCC(C(=O)NC[C@@H]2COc3cc(OC)ccc3C2)CC1. The Hall–Kier alpha value is -2.28. The highest BCUT2D eigenvalue weighted by atomic mass is 16.5. The van der Waals surface area contributed by atoms with Crippen LogP contribution in [0.4, 0.5) is 0 Å². The van der Waals surface area contributed by atoms with Crippen LogP contribution in [-0.2, 0) is 20.7 Å². The maximum Gasteiger partial charge on any atom is 0.248 e. The lowest BCUT2D eigenvalue weighted by molar-refractivity contribution is -0.138. The minimum Gasteiger partial charge on any atom is -0.497 e. The third-order valence-electron chi connectivity index (χ3n) is 5.31. The molecule has 0 aromatic heterocycles. The predicted molar refractivity (Wildman–Crippen MR) is 99.9 cm³/mol. The summed E-state index contributed by atoms with van der Waals surface area (Å²) < 4.78 is 15.9. The van der Waals surface area contributed by atoms with E-state index in [2.05, 4.69) is 5.32 Å². The van der Waals surface area contributed by atoms with Crippen LogP contribution in [0.1, 0.15) is 18.4 Å². The zero-order valence-electron chi connectivity index (χ0n) is 16.0. The van der Waals surface area contributed by atoms with Crippen molar-refractivity contribution in [3.63, 3.8) is 0 Å². The average molecular weight is 376 g/mol. The zero-order chi connectivity index (χ0) is 19.2. The molecule has 1 aromatic carbocycles. The number of ether oxygens (including phenoxy) is 3. The van der Waals surface area contributed by atoms with Gasteiger partial charge < -0.3 is 24.4 Å². The van der Waals surface area contributed by atoms with E-state index in [4.69, 9.17) is 14.2 Å². The van der Waals surface area contributed by atoms with Crippen LogP contribution in [0.5, 0.6) is 11.5 Å². The number of hydrogen-bond acceptors (Lipinski definition) is 5. The number of rotatable bonds is 6. The largest absolute Gasteiger partial charge is 0.497 e. The monoisotopic (exact) mass is 376 g/mol. The third kappa shape index (κ3) is 4.91. The summed E-state index contributed by atoms with van der Waals surface area (Å²) in [5.41, 5.74) is 1.14. The van der Waals surface area contributed by atoms with Gasteiger partial charge in [-0.15, -0.1) is 0 Å². The van der Waals surface area contributed by atoms with Gasteiger partial charge in [-0.25, -0.2) is 0 Å². The maximum atomic E-state index is 12.5. The average Bonchev–Trinajstić information content (AvgIpc) is 2.71. The summed E-state index contributed by atoms with van der Waals surface area (Å²) in [5, 5.41) is 3.07. The first-order valence-corrected chi connectivity index (χ1v) is 9.45. The molecule has 1 saturated heterocycles. The van der Waals surface area contributed by atoms with Gasteiger partial charge in [-0.05, 0) is 30.9 Å². The summed E-state index contributed by atoms with van der Waals surface area (Å²) in [6, 6.07) is 5.86. The van der Waals surface area contributed by atoms with Gasteiger partial charge in [0.25, 0.3) is 0 Å². The minimum absolute atomic E-state index is 0.00833. The second-order valence-corrected chi connectivity index (χ2v) is 7.19. The molecule has 0 radical (unpaired) electrons. The predicted octanol–water partition coefficient (Wildman–Crippen LogP) is 1.25. The number of carbonyl (C=O) groups is 2. The minimum atomic E-state index is -0.0300. The van der Waals surface area contributed by atoms with Crippen molar-refractivity contribution in [2.45, 2.75) is 19.3 Å². The van der Waals surface area contributed by atoms with Crippen LogP contribution in [0.2, 0.25) is 0 Å². The lowest BCUT2D eigenvalue weighted by atomic mass is 9.94. The molecule has 7 heteroatoms. The molecular weight excluding hydrogens is 348 g/mol. The number of nitrogens with one attached hydrogen (secondary N) is 1. The Bertz CT molecular complexity index is 670. The first kappa shape index (κ1) is 19.5. The van der Waals surface area contributed by atoms with Crippen LogP contribution >= 0.6 is 0 Å². The van der Waals surface area contributed by atoms with E-state index in [1.807, 2.05) is 18.2 Å². The second-order valence-electron chi connectivity index (χ2n) is 7.19. The third-order valence-corrected chi connectivity index (χ3v) is 5.31. The van der Waals surface area contributed by atoms with Crippen molar-refractivity contribution in [3.8, 4) is 11.5 Å². The molecule has 148 valence electrons. The summed E-state index contributed by atoms with van der Waals surface area (Å²) in [6.45, 7) is 2.52. The Morgan fingerprint density at radius 2 is 2.04 bits per heavy atom. The van der Waals surface area contributed by atoms with E-state index in [9.17, 15) is 9.59 Å². The molecule has 0 unspecified atom stereocenters. The van der Waals surface area contributed by atoms with Crippen molar-refractivity contribution in [1.29, 1.82) is 0 Å². The van der Waals surface area contributed by atoms with Gasteiger partial charge in [0.15, 0.2) is 0 Å². The molecule has 0 saturated carbocycles. The van der Waals surface area contributed by atoms with Gasteiger partial charge >= 0.3 is 0 Å². The molecule has 2 aliphatic rings. The van der Waals surface area contributed by atoms with Crippen molar-refractivity contribution < 1.29 is 23.8 Å². The smallest absolute Gasteiger partial charge is 0.248 e. The lowest BCUT2D eigenvalue weighted by Gasteiger charge is -2.32. The van der Waals surface area contributed by atoms with Gasteiger partial charge in [-0.1, -0.05) is 6.07 Å². The van der Waals surface area contributed by atoms with Gasteiger partial charge in [0, 0.05) is 44.6 Å². The zero-order valence-corrected chi connectivity index (χ0v) is 16.0. The first-order chi connectivity index (χ1) is 13.1. The standard InChI is InChI=1S/C20H28N2O5/c1-25-13-19(23)22-7-5-15(6-8-22)20(24)21-11-14-9-16-3-4-17(26-2)10-18(16)27-12-14/h3-4,10,14-15H,5-9,11-13H2,1-2H3,(H,21,24)/t14-/m1/s1. The van der Waals surface area contributed by atoms with Crippen LogP contribution in [0.25, 0.3) is 0 Å². The quantitative estimate of drug-likeness (QED) is 0.809. The molecule has 1 atom stereocenters. The molecule has 0 aliphatic carbocycles. The van der Waals surface area contributed by atoms with E-state index in [1.165, 1.54) is 7.11 Å². The molecule has 27 heavy (non-hydrogen) atoms. The molecule has 2 aliphatic heterocycles. The fraction of sp³-hybridized carbons (Fsp3) is 0.600. The number of likely N-dealkylation sites (tertiary alicyclic amines) is 1. The lowest BCUT2D eigenvalue weighted by Crippen LogP contribution is -2.45. The number of amides is 2. The van der Waals surface area contributed by atoms with Crippen LogP contribution in [-0.4, -0.2) is 63.8 Å². The molecule has 7 nitrogen and oxygen atoms in total. The number of benzene rings is 1. The molecule has 2 amide bonds. The van der Waals surface area contributed by atoms with Crippen molar-refractivity contribution in [2.75, 3.05) is 47.1 Å². The molecule has 1 N–H and O–H groups in total. The number of piperidine rings is 1. The van der Waals surface area contributed by atoms with Crippen LogP contribution in [0, 0.1) is 11.8 Å². The van der Waals surface area contributed by atoms with Crippen molar-refractivity contribution in [2.24, 2.45) is 11.8 Å². The number of nitrogens with zero attached hydrogens (tertiary/aromatic N) is 1. The van der Waals surface area contributed by atoms with Gasteiger partial charge in [0.05, 0.1) is 13.7 Å². The summed E-state index contributed by atoms with van der Waals surface area (Å²) in [4.78, 5) is 26.1. The molecule has 1 fully saturated rings. The summed E-state index contributed by atoms with van der Waals surface area (Å²) in [6.07, 6.45) is 2.28. The van der Waals surface area contributed by atoms with Gasteiger partial charge in [-0.3, -0.25) is 9.59 Å². The van der Waals surface area contributed by atoms with Crippen LogP contribution in [0.15, 0.2) is 18.2 Å². The van der Waals surface area contributed by atoms with Crippen LogP contribution < -0.4 is 14.8 Å². The van der Waals surface area contributed by atoms with E-state index in [0.29, 0.717) is 39.1 Å². The highest BCUT2D eigenvalue weighted by molar-refractivity contribution is 5.80. The topological polar surface area (TPSA) is 77.1 Å². The fourth-order valence-corrected chi connectivity index (χ4v) is 3.67. The summed E-state index contributed by atoms with van der Waals surface area (Å²) in [5.74, 6) is 1.96. The Labute approximate surface area is 160 Å². The first-order valence-electron chi connectivity index (χ1n) is 9.45. The van der Waals surface area contributed by atoms with E-state index in [-0.39, 0.29) is 30.3 Å². The van der Waals surface area contributed by atoms with Crippen molar-refractivity contribution in [1.82, 2.24) is 10.2 Å². The summed E-state index contributed by atoms with van der Waals surface area (Å²) >= 11 is 0. The molecule has 3 rings (SSSR count). The molecule has 2 heterocycles. The highest BCUT2D eigenvalue weighted by Gasteiger charge is 2.28. The number of fused-ring (bicyclic) bond motifs is 1. The summed E-state index contributed by atoms with van der Waals surface area (Å²) in [7, 11) is 3.16. The second kappa shape index (κ2) is 9.08. The van der Waals surface area contributed by atoms with E-state index >= 15 is 0 Å². The van der Waals surface area contributed by atoms with E-state index < -0.39 is 0 Å². The Morgan fingerprint density at radius 1 is 1.26 bits per heavy atom. The molecule has 0 spiro atoms. The number of carbonyl (C=O) groups excluding carboxylic acids is 2. The number of methoxy groups -OCH3 is 2. The Balaban J connectivity index is 1.43. The van der Waals surface area contributed by atoms with Gasteiger partial charge in [0.2, 0.25) is 11.8 Å². The highest BCUT2D eigenvalue weighted by Crippen LogP contribution is 2.30. The molecule has 0 bridgehead atoms. The van der Waals surface area contributed by atoms with Crippen LogP contribution in [0.3, 0.4) is 0 Å². The van der Waals surface area contributed by atoms with Gasteiger partial charge in [0.1, 0.15) is 18.1 Å². The Morgan fingerprint density at radius 3 is 2.74 bits per heavy atom. The normalized spacial score (nSPS) is 19.8. The van der Waals surface area contributed by atoms with Crippen molar-refractivity contribution >= 4 is 11.8 Å². The van der Waals surface area contributed by atoms with E-state index in [0.717, 1.165) is 23.5 Å². The van der Waals surface area contributed by atoms with Gasteiger partial charge in [-0.2, -0.15) is 0 Å². The van der Waals surface area contributed by atoms with Crippen molar-refractivity contribution in [3.05, 3.63) is 23.8 Å². The van der Waals surface area contributed by atoms with E-state index in [1.54, 1.807) is 12.0 Å². The number of hydrogen-bond donors (Lipinski definition) is 1. The molecule has 1 aromatic rings. The maximum absolute atomic E-state index is 12.5. The fourth-order valence-electron chi connectivity index (χ4n) is 3.67. The Kier molecular flexibility index (Phi) is 6.55.